The maximum atomic E-state index is 5.71. The van der Waals surface area contributed by atoms with Crippen LogP contribution in [-0.4, -0.2) is 47.4 Å². The molecule has 2 fully saturated rings. The first kappa shape index (κ1) is 12.1. The van der Waals surface area contributed by atoms with Gasteiger partial charge in [-0.25, -0.2) is 0 Å². The van der Waals surface area contributed by atoms with Crippen molar-refractivity contribution in [2.45, 2.75) is 18.9 Å². The van der Waals surface area contributed by atoms with Crippen LogP contribution < -0.4 is 10.2 Å². The molecule has 6 heteroatoms. The van der Waals surface area contributed by atoms with Gasteiger partial charge in [-0.1, -0.05) is 0 Å². The van der Waals surface area contributed by atoms with Crippen LogP contribution in [0.2, 0.25) is 0 Å². The highest BCUT2D eigenvalue weighted by molar-refractivity contribution is 5.56. The van der Waals surface area contributed by atoms with Crippen molar-refractivity contribution < 1.29 is 4.74 Å². The fourth-order valence-corrected chi connectivity index (χ4v) is 3.02. The Kier molecular flexibility index (Phi) is 3.05. The Labute approximate surface area is 117 Å². The van der Waals surface area contributed by atoms with Gasteiger partial charge in [0.1, 0.15) is 6.10 Å². The minimum Gasteiger partial charge on any atom is -0.370 e. The fourth-order valence-electron chi connectivity index (χ4n) is 3.02. The molecule has 1 atom stereocenters. The van der Waals surface area contributed by atoms with Gasteiger partial charge >= 0.3 is 0 Å². The highest BCUT2D eigenvalue weighted by Crippen LogP contribution is 2.28. The average molecular weight is 273 g/mol. The molecule has 0 aliphatic carbocycles. The Morgan fingerprint density at radius 1 is 1.25 bits per heavy atom. The van der Waals surface area contributed by atoms with E-state index in [1.54, 1.807) is 0 Å². The van der Waals surface area contributed by atoms with E-state index in [1.807, 2.05) is 0 Å². The number of piperazine rings is 1. The molecule has 0 bridgehead atoms. The van der Waals surface area contributed by atoms with Crippen molar-refractivity contribution in [3.05, 3.63) is 24.2 Å². The van der Waals surface area contributed by atoms with E-state index < -0.39 is 0 Å². The van der Waals surface area contributed by atoms with Gasteiger partial charge < -0.3 is 15.0 Å². The number of nitrogens with zero attached hydrogens (tertiary/aromatic N) is 4. The minimum absolute atomic E-state index is 0.107. The summed E-state index contributed by atoms with van der Waals surface area (Å²) in [4.78, 5) is 2.39. The Hall–Kier alpha value is -1.66. The summed E-state index contributed by atoms with van der Waals surface area (Å²) in [5.74, 6) is 0.935. The van der Waals surface area contributed by atoms with E-state index in [-0.39, 0.29) is 6.10 Å². The quantitative estimate of drug-likeness (QED) is 0.884. The highest BCUT2D eigenvalue weighted by Gasteiger charge is 2.23. The van der Waals surface area contributed by atoms with Crippen LogP contribution in [0.5, 0.6) is 0 Å². The minimum atomic E-state index is 0.107. The van der Waals surface area contributed by atoms with E-state index in [1.165, 1.54) is 5.69 Å². The van der Waals surface area contributed by atoms with E-state index in [9.17, 15) is 0 Å². The molecule has 0 aromatic carbocycles. The molecule has 2 saturated heterocycles. The first-order valence-corrected chi connectivity index (χ1v) is 7.34. The molecule has 20 heavy (non-hydrogen) atoms. The third-order valence-corrected chi connectivity index (χ3v) is 4.12. The van der Waals surface area contributed by atoms with Crippen LogP contribution in [0.15, 0.2) is 18.3 Å². The summed E-state index contributed by atoms with van der Waals surface area (Å²) in [7, 11) is 0. The molecule has 4 heterocycles. The van der Waals surface area contributed by atoms with E-state index in [4.69, 9.17) is 4.74 Å². The van der Waals surface area contributed by atoms with Crippen molar-refractivity contribution in [1.82, 2.24) is 19.9 Å². The maximum absolute atomic E-state index is 5.71. The maximum Gasteiger partial charge on any atom is 0.166 e. The van der Waals surface area contributed by atoms with Crippen LogP contribution in [0.4, 0.5) is 5.69 Å². The lowest BCUT2D eigenvalue weighted by molar-refractivity contribution is 0.104. The first-order valence-electron chi connectivity index (χ1n) is 7.34. The Morgan fingerprint density at radius 2 is 2.15 bits per heavy atom. The van der Waals surface area contributed by atoms with E-state index >= 15 is 0 Å². The van der Waals surface area contributed by atoms with Gasteiger partial charge in [-0.15, -0.1) is 10.2 Å². The smallest absolute Gasteiger partial charge is 0.166 e. The fraction of sp³-hybridized carbons (Fsp3) is 0.571. The van der Waals surface area contributed by atoms with Crippen LogP contribution in [0.1, 0.15) is 24.8 Å². The number of hydrogen-bond donors (Lipinski definition) is 1. The molecule has 1 unspecified atom stereocenters. The number of pyridine rings is 1. The monoisotopic (exact) mass is 273 g/mol. The lowest BCUT2D eigenvalue weighted by atomic mass is 10.2. The van der Waals surface area contributed by atoms with Gasteiger partial charge in [-0.3, -0.25) is 4.40 Å². The predicted octanol–water partition coefficient (Wildman–Crippen LogP) is 0.990. The van der Waals surface area contributed by atoms with Crippen LogP contribution in [-0.2, 0) is 4.74 Å². The third kappa shape index (κ3) is 2.05. The zero-order valence-electron chi connectivity index (χ0n) is 11.5. The van der Waals surface area contributed by atoms with Crippen molar-refractivity contribution in [2.24, 2.45) is 0 Å². The molecule has 2 aromatic heterocycles. The van der Waals surface area contributed by atoms with Gasteiger partial charge in [-0.05, 0) is 18.9 Å². The molecular formula is C14H19N5O. The van der Waals surface area contributed by atoms with Crippen molar-refractivity contribution in [1.29, 1.82) is 0 Å². The van der Waals surface area contributed by atoms with Gasteiger partial charge in [0.25, 0.3) is 0 Å². The molecule has 2 aromatic rings. The second-order valence-electron chi connectivity index (χ2n) is 5.41. The highest BCUT2D eigenvalue weighted by atomic mass is 16.5. The molecule has 0 radical (unpaired) electrons. The SMILES string of the molecule is c1cn2c(C3CCCO3)nnc2cc1N1CCNCC1. The number of ether oxygens (including phenoxy) is 1. The first-order chi connectivity index (χ1) is 9.92. The summed E-state index contributed by atoms with van der Waals surface area (Å²) >= 11 is 0. The van der Waals surface area contributed by atoms with Crippen molar-refractivity contribution in [3.63, 3.8) is 0 Å². The largest absolute Gasteiger partial charge is 0.370 e. The molecule has 106 valence electrons. The normalized spacial score (nSPS) is 23.6. The number of rotatable bonds is 2. The molecule has 0 spiro atoms. The molecule has 0 amide bonds. The molecule has 2 aliphatic rings. The molecule has 6 nitrogen and oxygen atoms in total. The molecule has 2 aliphatic heterocycles. The summed E-state index contributed by atoms with van der Waals surface area (Å²) in [6.07, 6.45) is 4.33. The number of hydrogen-bond acceptors (Lipinski definition) is 5. The molecule has 0 saturated carbocycles. The van der Waals surface area contributed by atoms with Gasteiger partial charge in [0.15, 0.2) is 11.5 Å². The summed E-state index contributed by atoms with van der Waals surface area (Å²) in [5.41, 5.74) is 2.14. The second kappa shape index (κ2) is 5.03. The molecule has 1 N–H and O–H groups in total. The van der Waals surface area contributed by atoms with Crippen LogP contribution in [0, 0.1) is 0 Å². The summed E-state index contributed by atoms with van der Waals surface area (Å²) in [6.45, 7) is 5.00. The number of aromatic nitrogens is 3. The lowest BCUT2D eigenvalue weighted by Crippen LogP contribution is -2.43. The Balaban J connectivity index is 1.66. The Morgan fingerprint density at radius 3 is 2.95 bits per heavy atom. The lowest BCUT2D eigenvalue weighted by Gasteiger charge is -2.29. The zero-order valence-corrected chi connectivity index (χ0v) is 11.5. The Bertz CT molecular complexity index is 599. The van der Waals surface area contributed by atoms with Crippen LogP contribution in [0.3, 0.4) is 0 Å². The molecule has 4 rings (SSSR count). The standard InChI is InChI=1S/C14H19N5O/c1-2-12(20-9-1)14-17-16-13-10-11(3-6-19(13)14)18-7-4-15-5-8-18/h3,6,10,12,15H,1-2,4-5,7-9H2. The zero-order chi connectivity index (χ0) is 13.4. The topological polar surface area (TPSA) is 54.7 Å². The van der Waals surface area contributed by atoms with Gasteiger partial charge in [0.2, 0.25) is 0 Å². The number of nitrogens with one attached hydrogen (secondary N) is 1. The van der Waals surface area contributed by atoms with Gasteiger partial charge in [0, 0.05) is 50.7 Å². The third-order valence-electron chi connectivity index (χ3n) is 4.12. The van der Waals surface area contributed by atoms with Gasteiger partial charge in [-0.2, -0.15) is 0 Å². The van der Waals surface area contributed by atoms with Gasteiger partial charge in [0.05, 0.1) is 0 Å². The van der Waals surface area contributed by atoms with E-state index in [0.717, 1.165) is 57.1 Å². The van der Waals surface area contributed by atoms with Crippen LogP contribution >= 0.6 is 0 Å². The van der Waals surface area contributed by atoms with E-state index in [2.05, 4.69) is 43.1 Å². The average Bonchev–Trinajstić information content (AvgIpc) is 3.16. The number of fused-ring (bicyclic) bond motifs is 1. The molecular weight excluding hydrogens is 254 g/mol. The van der Waals surface area contributed by atoms with E-state index in [0.29, 0.717) is 0 Å². The van der Waals surface area contributed by atoms with Crippen molar-refractivity contribution >= 4 is 11.3 Å². The van der Waals surface area contributed by atoms with Crippen LogP contribution in [0.25, 0.3) is 5.65 Å². The summed E-state index contributed by atoms with van der Waals surface area (Å²) in [5, 5.41) is 12.0. The second-order valence-corrected chi connectivity index (χ2v) is 5.41. The number of anilines is 1. The summed E-state index contributed by atoms with van der Waals surface area (Å²) in [6, 6.07) is 4.27. The van der Waals surface area contributed by atoms with Crippen molar-refractivity contribution in [3.8, 4) is 0 Å². The predicted molar refractivity (Wildman–Crippen MR) is 76.0 cm³/mol. The summed E-state index contributed by atoms with van der Waals surface area (Å²) < 4.78 is 7.77. The van der Waals surface area contributed by atoms with Crippen molar-refractivity contribution in [2.75, 3.05) is 37.7 Å².